The van der Waals surface area contributed by atoms with Crippen LogP contribution in [0, 0.1) is 0 Å². The van der Waals surface area contributed by atoms with E-state index >= 15 is 0 Å². The molecule has 0 aliphatic carbocycles. The van der Waals surface area contributed by atoms with Crippen molar-refractivity contribution in [3.05, 3.63) is 30.3 Å². The molecule has 5 nitrogen and oxygen atoms in total. The molecule has 0 amide bonds. The average Bonchev–Trinajstić information content (AvgIpc) is 2.35. The topological polar surface area (TPSA) is 78.6 Å². The maximum atomic E-state index is 11.3. The van der Waals surface area contributed by atoms with Crippen LogP contribution in [0.1, 0.15) is 0 Å². The Kier molecular flexibility index (Phi) is 3.14. The second-order valence-corrected chi connectivity index (χ2v) is 5.32. The minimum Gasteiger partial charge on any atom is -0.493 e. The van der Waals surface area contributed by atoms with E-state index in [1.807, 2.05) is 0 Å². The van der Waals surface area contributed by atoms with Gasteiger partial charge in [-0.15, -0.1) is 0 Å². The number of primary sulfonamides is 1. The summed E-state index contributed by atoms with van der Waals surface area (Å²) in [7, 11) is -0.637. The minimum absolute atomic E-state index is 0.0715. The summed E-state index contributed by atoms with van der Waals surface area (Å²) in [4.78, 5) is 0.0715. The molecule has 0 unspecified atom stereocenters. The zero-order valence-corrected chi connectivity index (χ0v) is 10.8. The van der Waals surface area contributed by atoms with Crippen molar-refractivity contribution in [2.45, 2.75) is 4.90 Å². The summed E-state index contributed by atoms with van der Waals surface area (Å²) in [5.74, 6) is 1.13. The normalized spacial score (nSPS) is 11.5. The molecule has 2 rings (SSSR count). The van der Waals surface area contributed by atoms with Gasteiger partial charge in [-0.05, 0) is 35.0 Å². The molecule has 0 radical (unpaired) electrons. The van der Waals surface area contributed by atoms with E-state index in [9.17, 15) is 8.42 Å². The van der Waals surface area contributed by atoms with Gasteiger partial charge in [0.15, 0.2) is 11.5 Å². The Hall–Kier alpha value is -1.79. The average molecular weight is 267 g/mol. The van der Waals surface area contributed by atoms with Gasteiger partial charge in [-0.25, -0.2) is 13.6 Å². The third-order valence-electron chi connectivity index (χ3n) is 2.64. The van der Waals surface area contributed by atoms with E-state index < -0.39 is 10.0 Å². The molecular weight excluding hydrogens is 254 g/mol. The van der Waals surface area contributed by atoms with Gasteiger partial charge in [0.2, 0.25) is 10.0 Å². The fourth-order valence-electron chi connectivity index (χ4n) is 1.73. The van der Waals surface area contributed by atoms with Crippen LogP contribution in [-0.4, -0.2) is 22.6 Å². The second-order valence-electron chi connectivity index (χ2n) is 3.76. The highest BCUT2D eigenvalue weighted by Crippen LogP contribution is 2.32. The molecule has 0 saturated carbocycles. The van der Waals surface area contributed by atoms with E-state index in [4.69, 9.17) is 14.6 Å². The van der Waals surface area contributed by atoms with Crippen LogP contribution in [0.3, 0.4) is 0 Å². The van der Waals surface area contributed by atoms with Crippen molar-refractivity contribution < 1.29 is 17.9 Å². The minimum atomic E-state index is -3.70. The molecule has 0 aliphatic heterocycles. The number of ether oxygens (including phenoxy) is 2. The molecule has 0 spiro atoms. The Labute approximate surface area is 105 Å². The number of nitrogens with two attached hydrogens (primary N) is 1. The Balaban J connectivity index is 2.71. The van der Waals surface area contributed by atoms with E-state index in [1.54, 1.807) is 25.3 Å². The van der Waals surface area contributed by atoms with Gasteiger partial charge in [0.25, 0.3) is 0 Å². The van der Waals surface area contributed by atoms with Crippen LogP contribution in [0.2, 0.25) is 0 Å². The standard InChI is InChI=1S/C12H13NO4S/c1-16-11-6-8-3-4-10(18(13,14)15)5-9(8)7-12(11)17-2/h3-7H,1-2H3,(H2,13,14,15). The number of sulfonamides is 1. The van der Waals surface area contributed by atoms with Crippen LogP contribution in [0.15, 0.2) is 35.2 Å². The van der Waals surface area contributed by atoms with Gasteiger partial charge in [-0.3, -0.25) is 0 Å². The largest absolute Gasteiger partial charge is 0.493 e. The van der Waals surface area contributed by atoms with Crippen molar-refractivity contribution in [3.8, 4) is 11.5 Å². The van der Waals surface area contributed by atoms with E-state index in [-0.39, 0.29) is 4.90 Å². The summed E-state index contributed by atoms with van der Waals surface area (Å²) >= 11 is 0. The van der Waals surface area contributed by atoms with Crippen LogP contribution in [0.5, 0.6) is 11.5 Å². The quantitative estimate of drug-likeness (QED) is 0.914. The molecule has 0 saturated heterocycles. The molecule has 0 fully saturated rings. The first-order valence-corrected chi connectivity index (χ1v) is 6.69. The smallest absolute Gasteiger partial charge is 0.238 e. The van der Waals surface area contributed by atoms with Gasteiger partial charge < -0.3 is 9.47 Å². The second kappa shape index (κ2) is 4.47. The summed E-state index contributed by atoms with van der Waals surface area (Å²) in [5, 5.41) is 6.66. The van der Waals surface area contributed by atoms with Crippen molar-refractivity contribution in [1.29, 1.82) is 0 Å². The molecule has 2 N–H and O–H groups in total. The number of rotatable bonds is 3. The van der Waals surface area contributed by atoms with E-state index in [1.165, 1.54) is 19.2 Å². The van der Waals surface area contributed by atoms with Crippen LogP contribution in [-0.2, 0) is 10.0 Å². The van der Waals surface area contributed by atoms with Gasteiger partial charge in [0, 0.05) is 0 Å². The highest BCUT2D eigenvalue weighted by Gasteiger charge is 2.11. The molecule has 18 heavy (non-hydrogen) atoms. The monoisotopic (exact) mass is 267 g/mol. The number of methoxy groups -OCH3 is 2. The third-order valence-corrected chi connectivity index (χ3v) is 3.55. The van der Waals surface area contributed by atoms with E-state index in [0.717, 1.165) is 10.8 Å². The Morgan fingerprint density at radius 1 is 0.944 bits per heavy atom. The number of hydrogen-bond acceptors (Lipinski definition) is 4. The van der Waals surface area contributed by atoms with Gasteiger partial charge in [0.1, 0.15) is 0 Å². The highest BCUT2D eigenvalue weighted by molar-refractivity contribution is 7.89. The van der Waals surface area contributed by atoms with E-state index in [2.05, 4.69) is 0 Å². The number of hydrogen-bond donors (Lipinski definition) is 1. The lowest BCUT2D eigenvalue weighted by Crippen LogP contribution is -2.11. The summed E-state index contributed by atoms with van der Waals surface area (Å²) in [6, 6.07) is 8.14. The van der Waals surface area contributed by atoms with Crippen molar-refractivity contribution in [2.24, 2.45) is 5.14 Å². The lowest BCUT2D eigenvalue weighted by Gasteiger charge is -2.09. The molecule has 0 aromatic heterocycles. The molecule has 96 valence electrons. The number of benzene rings is 2. The first-order chi connectivity index (χ1) is 8.45. The maximum Gasteiger partial charge on any atom is 0.238 e. The molecule has 0 heterocycles. The third kappa shape index (κ3) is 2.25. The van der Waals surface area contributed by atoms with Gasteiger partial charge >= 0.3 is 0 Å². The molecule has 6 heteroatoms. The zero-order valence-electron chi connectivity index (χ0n) is 10.0. The van der Waals surface area contributed by atoms with Crippen molar-refractivity contribution >= 4 is 20.8 Å². The van der Waals surface area contributed by atoms with Crippen LogP contribution < -0.4 is 14.6 Å². The summed E-state index contributed by atoms with van der Waals surface area (Å²) in [6.07, 6.45) is 0. The number of fused-ring (bicyclic) bond motifs is 1. The van der Waals surface area contributed by atoms with Crippen molar-refractivity contribution in [2.75, 3.05) is 14.2 Å². The lowest BCUT2D eigenvalue weighted by atomic mass is 10.1. The van der Waals surface area contributed by atoms with Gasteiger partial charge in [0.05, 0.1) is 19.1 Å². The van der Waals surface area contributed by atoms with Crippen molar-refractivity contribution in [3.63, 3.8) is 0 Å². The molecule has 0 atom stereocenters. The lowest BCUT2D eigenvalue weighted by molar-refractivity contribution is 0.356. The van der Waals surface area contributed by atoms with Crippen LogP contribution in [0.4, 0.5) is 0 Å². The SMILES string of the molecule is COc1cc2ccc(S(N)(=O)=O)cc2cc1OC. The zero-order chi connectivity index (χ0) is 13.3. The molecular formula is C12H13NO4S. The van der Waals surface area contributed by atoms with Crippen molar-refractivity contribution in [1.82, 2.24) is 0 Å². The van der Waals surface area contributed by atoms with Crippen LogP contribution in [0.25, 0.3) is 10.8 Å². The molecule has 0 bridgehead atoms. The summed E-state index contributed by atoms with van der Waals surface area (Å²) in [6.45, 7) is 0. The van der Waals surface area contributed by atoms with Gasteiger partial charge in [-0.1, -0.05) is 6.07 Å². The Morgan fingerprint density at radius 2 is 1.50 bits per heavy atom. The van der Waals surface area contributed by atoms with Crippen LogP contribution >= 0.6 is 0 Å². The van der Waals surface area contributed by atoms with E-state index in [0.29, 0.717) is 11.5 Å². The fourth-order valence-corrected chi connectivity index (χ4v) is 2.28. The summed E-state index contributed by atoms with van der Waals surface area (Å²) < 4.78 is 32.9. The Morgan fingerprint density at radius 3 is 2.00 bits per heavy atom. The first-order valence-electron chi connectivity index (χ1n) is 5.14. The summed E-state index contributed by atoms with van der Waals surface area (Å²) in [5.41, 5.74) is 0. The molecule has 2 aromatic carbocycles. The predicted molar refractivity (Wildman–Crippen MR) is 68.4 cm³/mol. The molecule has 0 aliphatic rings. The molecule has 2 aromatic rings. The van der Waals surface area contributed by atoms with Gasteiger partial charge in [-0.2, -0.15) is 0 Å². The first kappa shape index (κ1) is 12.7. The highest BCUT2D eigenvalue weighted by atomic mass is 32.2. The maximum absolute atomic E-state index is 11.3. The fraction of sp³-hybridized carbons (Fsp3) is 0.167. The predicted octanol–water partition coefficient (Wildman–Crippen LogP) is 1.50. The Bertz CT molecular complexity index is 695.